The quantitative estimate of drug-likeness (QED) is 0.643. The van der Waals surface area contributed by atoms with Crippen molar-refractivity contribution in [1.29, 1.82) is 0 Å². The predicted molar refractivity (Wildman–Crippen MR) is 91.8 cm³/mol. The fourth-order valence-electron chi connectivity index (χ4n) is 2.19. The summed E-state index contributed by atoms with van der Waals surface area (Å²) in [5, 5.41) is 5.89. The summed E-state index contributed by atoms with van der Waals surface area (Å²) < 4.78 is 0. The minimum Gasteiger partial charge on any atom is -0.313 e. The highest BCUT2D eigenvalue weighted by molar-refractivity contribution is 7.99. The zero-order valence-corrected chi connectivity index (χ0v) is 14.2. The molecule has 1 N–H and O–H groups in total. The van der Waals surface area contributed by atoms with Crippen LogP contribution in [0.1, 0.15) is 34.1 Å². The molecule has 2 rings (SSSR count). The zero-order chi connectivity index (χ0) is 15.3. The van der Waals surface area contributed by atoms with Crippen LogP contribution in [0, 0.1) is 5.41 Å². The molecule has 0 radical (unpaired) electrons. The van der Waals surface area contributed by atoms with E-state index >= 15 is 0 Å². The van der Waals surface area contributed by atoms with E-state index in [-0.39, 0.29) is 5.41 Å². The third kappa shape index (κ3) is 4.42. The number of nitrogens with one attached hydrogen (secondary N) is 1. The van der Waals surface area contributed by atoms with E-state index in [4.69, 9.17) is 0 Å². The highest BCUT2D eigenvalue weighted by atomic mass is 32.2. The molecule has 1 atom stereocenters. The van der Waals surface area contributed by atoms with Crippen LogP contribution in [0.25, 0.3) is 10.9 Å². The van der Waals surface area contributed by atoms with E-state index in [0.717, 1.165) is 34.6 Å². The molecule has 2 aromatic rings. The van der Waals surface area contributed by atoms with Gasteiger partial charge in [0.25, 0.3) is 0 Å². The lowest BCUT2D eigenvalue weighted by molar-refractivity contribution is 0.292. The molecule has 21 heavy (non-hydrogen) atoms. The van der Waals surface area contributed by atoms with Crippen molar-refractivity contribution in [2.24, 2.45) is 5.41 Å². The molecule has 0 saturated heterocycles. The van der Waals surface area contributed by atoms with Gasteiger partial charge in [-0.15, -0.1) is 11.8 Å². The van der Waals surface area contributed by atoms with E-state index in [1.54, 1.807) is 6.33 Å². The summed E-state index contributed by atoms with van der Waals surface area (Å²) >= 11 is 1.82. The molecule has 0 aliphatic carbocycles. The molecule has 0 bridgehead atoms. The Morgan fingerprint density at radius 2 is 1.95 bits per heavy atom. The Bertz CT molecular complexity index is 572. The Labute approximate surface area is 132 Å². The van der Waals surface area contributed by atoms with Crippen molar-refractivity contribution in [3.05, 3.63) is 30.6 Å². The summed E-state index contributed by atoms with van der Waals surface area (Å²) in [4.78, 5) is 8.79. The predicted octanol–water partition coefficient (Wildman–Crippen LogP) is 4.14. The van der Waals surface area contributed by atoms with E-state index in [2.05, 4.69) is 49.0 Å². The Balaban J connectivity index is 2.12. The Hall–Kier alpha value is -1.13. The number of hydrogen-bond donors (Lipinski definition) is 1. The van der Waals surface area contributed by atoms with Gasteiger partial charge in [0.1, 0.15) is 11.4 Å². The van der Waals surface area contributed by atoms with Gasteiger partial charge < -0.3 is 5.32 Å². The smallest absolute Gasteiger partial charge is 0.117 e. The second-order valence-electron chi connectivity index (χ2n) is 6.38. The van der Waals surface area contributed by atoms with Gasteiger partial charge in [0, 0.05) is 17.2 Å². The van der Waals surface area contributed by atoms with Crippen molar-refractivity contribution in [2.75, 3.05) is 12.3 Å². The van der Waals surface area contributed by atoms with Gasteiger partial charge in [0.15, 0.2) is 0 Å². The molecule has 1 unspecified atom stereocenters. The van der Waals surface area contributed by atoms with E-state index < -0.39 is 0 Å². The van der Waals surface area contributed by atoms with Gasteiger partial charge >= 0.3 is 0 Å². The summed E-state index contributed by atoms with van der Waals surface area (Å²) in [6.07, 6.45) is 2.82. The SMILES string of the molecule is CCCNC(CSc1ncnc2ccccc12)C(C)(C)C. The van der Waals surface area contributed by atoms with Crippen molar-refractivity contribution >= 4 is 22.7 Å². The Kier molecular flexibility index (Phi) is 5.59. The third-order valence-corrected chi connectivity index (χ3v) is 4.68. The molecule has 0 spiro atoms. The molecule has 1 aromatic heterocycles. The van der Waals surface area contributed by atoms with Crippen LogP contribution in [0.4, 0.5) is 0 Å². The first-order valence-electron chi connectivity index (χ1n) is 7.58. The van der Waals surface area contributed by atoms with Crippen molar-refractivity contribution in [3.63, 3.8) is 0 Å². The van der Waals surface area contributed by atoms with Crippen LogP contribution < -0.4 is 5.32 Å². The van der Waals surface area contributed by atoms with Gasteiger partial charge in [-0.25, -0.2) is 9.97 Å². The van der Waals surface area contributed by atoms with Crippen LogP contribution in [0.15, 0.2) is 35.6 Å². The lowest BCUT2D eigenvalue weighted by Gasteiger charge is -2.31. The van der Waals surface area contributed by atoms with Crippen LogP contribution in [-0.2, 0) is 0 Å². The topological polar surface area (TPSA) is 37.8 Å². The van der Waals surface area contributed by atoms with Gasteiger partial charge in [-0.2, -0.15) is 0 Å². The number of benzene rings is 1. The highest BCUT2D eigenvalue weighted by Crippen LogP contribution is 2.29. The normalized spacial score (nSPS) is 13.5. The molecule has 4 heteroatoms. The molecule has 1 aromatic carbocycles. The number of rotatable bonds is 6. The summed E-state index contributed by atoms with van der Waals surface area (Å²) in [6.45, 7) is 10.1. The van der Waals surface area contributed by atoms with Crippen LogP contribution in [0.5, 0.6) is 0 Å². The van der Waals surface area contributed by atoms with Gasteiger partial charge in [-0.05, 0) is 24.4 Å². The molecular weight excluding hydrogens is 278 g/mol. The fraction of sp³-hybridized carbons (Fsp3) is 0.529. The maximum atomic E-state index is 4.47. The van der Waals surface area contributed by atoms with Crippen molar-refractivity contribution in [1.82, 2.24) is 15.3 Å². The number of hydrogen-bond acceptors (Lipinski definition) is 4. The number of aromatic nitrogens is 2. The molecule has 3 nitrogen and oxygen atoms in total. The molecule has 0 fully saturated rings. The largest absolute Gasteiger partial charge is 0.313 e. The standard InChI is InChI=1S/C17H25N3S/c1-5-10-18-15(17(2,3)4)11-21-16-13-8-6-7-9-14(13)19-12-20-16/h6-9,12,15,18H,5,10-11H2,1-4H3. The second-order valence-corrected chi connectivity index (χ2v) is 7.39. The maximum Gasteiger partial charge on any atom is 0.117 e. The average Bonchev–Trinajstić information content (AvgIpc) is 2.46. The lowest BCUT2D eigenvalue weighted by atomic mass is 9.88. The molecule has 114 valence electrons. The van der Waals surface area contributed by atoms with Crippen molar-refractivity contribution in [2.45, 2.75) is 45.2 Å². The fourth-order valence-corrected chi connectivity index (χ4v) is 3.58. The van der Waals surface area contributed by atoms with Gasteiger partial charge in [0.05, 0.1) is 5.52 Å². The van der Waals surface area contributed by atoms with Crippen LogP contribution >= 0.6 is 11.8 Å². The Morgan fingerprint density at radius 3 is 2.67 bits per heavy atom. The van der Waals surface area contributed by atoms with E-state index in [1.165, 1.54) is 0 Å². The maximum absolute atomic E-state index is 4.47. The molecule has 1 heterocycles. The second kappa shape index (κ2) is 7.23. The first-order valence-corrected chi connectivity index (χ1v) is 8.57. The molecular formula is C17H25N3S. The minimum absolute atomic E-state index is 0.241. The Morgan fingerprint density at radius 1 is 1.19 bits per heavy atom. The highest BCUT2D eigenvalue weighted by Gasteiger charge is 2.24. The van der Waals surface area contributed by atoms with Gasteiger partial charge in [-0.3, -0.25) is 0 Å². The first kappa shape index (κ1) is 16.2. The summed E-state index contributed by atoms with van der Waals surface area (Å²) in [6, 6.07) is 8.67. The van der Waals surface area contributed by atoms with Crippen LogP contribution in [0.3, 0.4) is 0 Å². The molecule has 0 amide bonds. The van der Waals surface area contributed by atoms with Crippen molar-refractivity contribution in [3.8, 4) is 0 Å². The molecule has 0 aliphatic heterocycles. The van der Waals surface area contributed by atoms with Gasteiger partial charge in [0.2, 0.25) is 0 Å². The molecule has 0 saturated carbocycles. The third-order valence-electron chi connectivity index (χ3n) is 3.58. The average molecular weight is 303 g/mol. The van der Waals surface area contributed by atoms with E-state index in [1.807, 2.05) is 30.0 Å². The van der Waals surface area contributed by atoms with E-state index in [9.17, 15) is 0 Å². The summed E-state index contributed by atoms with van der Waals surface area (Å²) in [7, 11) is 0. The lowest BCUT2D eigenvalue weighted by Crippen LogP contribution is -2.42. The molecule has 0 aliphatic rings. The monoisotopic (exact) mass is 303 g/mol. The first-order chi connectivity index (χ1) is 10.0. The van der Waals surface area contributed by atoms with Gasteiger partial charge in [-0.1, -0.05) is 45.9 Å². The zero-order valence-electron chi connectivity index (χ0n) is 13.4. The van der Waals surface area contributed by atoms with E-state index in [0.29, 0.717) is 6.04 Å². The number of fused-ring (bicyclic) bond motifs is 1. The van der Waals surface area contributed by atoms with Crippen molar-refractivity contribution < 1.29 is 0 Å². The van der Waals surface area contributed by atoms with Crippen LogP contribution in [0.2, 0.25) is 0 Å². The summed E-state index contributed by atoms with van der Waals surface area (Å²) in [5.41, 5.74) is 1.26. The minimum atomic E-state index is 0.241. The number of thioether (sulfide) groups is 1. The van der Waals surface area contributed by atoms with Crippen LogP contribution in [-0.4, -0.2) is 28.3 Å². The number of para-hydroxylation sites is 1. The number of nitrogens with zero attached hydrogens (tertiary/aromatic N) is 2. The summed E-state index contributed by atoms with van der Waals surface area (Å²) in [5.74, 6) is 1.02.